The standard InChI is InChI=1S/C23H21N5O6/c24-20(29)12-33-16-8-4-14(5-9-16)26-22(31)18-2-1-3-19(28-18)23(32)27-15-6-10-17(11-7-15)34-13-21(25)30/h1-11H,12-13H2,(H2,24,29)(H2,25,30)(H,26,31)(H,27,32). The molecule has 0 unspecified atom stereocenters. The van der Waals surface area contributed by atoms with Crippen molar-refractivity contribution in [2.45, 2.75) is 0 Å². The number of hydrogen-bond donors (Lipinski definition) is 4. The number of nitrogens with two attached hydrogens (primary N) is 2. The third-order valence-corrected chi connectivity index (χ3v) is 4.20. The lowest BCUT2D eigenvalue weighted by Crippen LogP contribution is -2.20. The van der Waals surface area contributed by atoms with Crippen LogP contribution in [0.25, 0.3) is 0 Å². The van der Waals surface area contributed by atoms with Gasteiger partial charge < -0.3 is 31.6 Å². The highest BCUT2D eigenvalue weighted by molar-refractivity contribution is 6.06. The zero-order valence-corrected chi connectivity index (χ0v) is 17.8. The Morgan fingerprint density at radius 3 is 1.38 bits per heavy atom. The zero-order valence-electron chi connectivity index (χ0n) is 17.8. The quantitative estimate of drug-likeness (QED) is 0.350. The second kappa shape index (κ2) is 11.1. The lowest BCUT2D eigenvalue weighted by atomic mass is 10.2. The minimum Gasteiger partial charge on any atom is -0.484 e. The fraction of sp³-hybridized carbons (Fsp3) is 0.0870. The molecule has 0 atom stereocenters. The van der Waals surface area contributed by atoms with Crippen molar-refractivity contribution in [2.24, 2.45) is 11.5 Å². The summed E-state index contributed by atoms with van der Waals surface area (Å²) in [7, 11) is 0. The highest BCUT2D eigenvalue weighted by atomic mass is 16.5. The Balaban J connectivity index is 1.60. The van der Waals surface area contributed by atoms with Crippen molar-refractivity contribution in [1.82, 2.24) is 4.98 Å². The molecule has 0 aliphatic heterocycles. The summed E-state index contributed by atoms with van der Waals surface area (Å²) in [5.41, 5.74) is 11.1. The number of rotatable bonds is 10. The maximum Gasteiger partial charge on any atom is 0.274 e. The van der Waals surface area contributed by atoms with E-state index in [4.69, 9.17) is 20.9 Å². The average molecular weight is 463 g/mol. The van der Waals surface area contributed by atoms with Crippen molar-refractivity contribution in [2.75, 3.05) is 23.8 Å². The molecule has 0 saturated carbocycles. The summed E-state index contributed by atoms with van der Waals surface area (Å²) in [5, 5.41) is 5.33. The first-order valence-corrected chi connectivity index (χ1v) is 9.92. The molecule has 11 nitrogen and oxygen atoms in total. The molecule has 174 valence electrons. The Morgan fingerprint density at radius 1 is 0.647 bits per heavy atom. The van der Waals surface area contributed by atoms with Gasteiger partial charge in [0, 0.05) is 11.4 Å². The van der Waals surface area contributed by atoms with Gasteiger partial charge in [-0.1, -0.05) is 6.07 Å². The summed E-state index contributed by atoms with van der Waals surface area (Å²) in [6.45, 7) is -0.505. The van der Waals surface area contributed by atoms with Crippen molar-refractivity contribution in [3.8, 4) is 11.5 Å². The van der Waals surface area contributed by atoms with Crippen molar-refractivity contribution >= 4 is 35.0 Å². The molecule has 4 amide bonds. The van der Waals surface area contributed by atoms with Crippen LogP contribution >= 0.6 is 0 Å². The highest BCUT2D eigenvalue weighted by Crippen LogP contribution is 2.18. The SMILES string of the molecule is NC(=O)COc1ccc(NC(=O)c2cccc(C(=O)Nc3ccc(OCC(N)=O)cc3)n2)cc1. The average Bonchev–Trinajstić information content (AvgIpc) is 2.83. The van der Waals surface area contributed by atoms with Crippen LogP contribution in [0.1, 0.15) is 21.0 Å². The second-order valence-corrected chi connectivity index (χ2v) is 6.88. The van der Waals surface area contributed by atoms with Gasteiger partial charge in [0.05, 0.1) is 0 Å². The molecule has 2 aromatic carbocycles. The number of pyridine rings is 1. The summed E-state index contributed by atoms with van der Waals surface area (Å²) >= 11 is 0. The number of ether oxygens (including phenoxy) is 2. The molecule has 11 heteroatoms. The Hall–Kier alpha value is -4.93. The molecule has 0 aliphatic carbocycles. The molecule has 3 rings (SSSR count). The summed E-state index contributed by atoms with van der Waals surface area (Å²) < 4.78 is 10.3. The molecular weight excluding hydrogens is 442 g/mol. The first kappa shape index (κ1) is 23.7. The van der Waals surface area contributed by atoms with Gasteiger partial charge in [0.15, 0.2) is 13.2 Å². The van der Waals surface area contributed by atoms with Crippen molar-refractivity contribution in [1.29, 1.82) is 0 Å². The van der Waals surface area contributed by atoms with Crippen LogP contribution < -0.4 is 31.6 Å². The summed E-state index contributed by atoms with van der Waals surface area (Å²) in [6.07, 6.45) is 0. The van der Waals surface area contributed by atoms with E-state index in [1.54, 1.807) is 54.6 Å². The monoisotopic (exact) mass is 463 g/mol. The fourth-order valence-electron chi connectivity index (χ4n) is 2.66. The predicted octanol–water partition coefficient (Wildman–Crippen LogP) is 1.31. The number of carbonyl (C=O) groups is 4. The number of aromatic nitrogens is 1. The van der Waals surface area contributed by atoms with E-state index in [1.807, 2.05) is 0 Å². The number of nitrogens with one attached hydrogen (secondary N) is 2. The molecule has 0 fully saturated rings. The largest absolute Gasteiger partial charge is 0.484 e. The fourth-order valence-corrected chi connectivity index (χ4v) is 2.66. The van der Waals surface area contributed by atoms with Crippen molar-refractivity contribution < 1.29 is 28.7 Å². The molecular formula is C23H21N5O6. The van der Waals surface area contributed by atoms with Crippen LogP contribution in [0.2, 0.25) is 0 Å². The number of amides is 4. The molecule has 0 bridgehead atoms. The van der Waals surface area contributed by atoms with Gasteiger partial charge >= 0.3 is 0 Å². The first-order valence-electron chi connectivity index (χ1n) is 9.92. The van der Waals surface area contributed by atoms with Gasteiger partial charge in [0.2, 0.25) is 0 Å². The normalized spacial score (nSPS) is 10.1. The van der Waals surface area contributed by atoms with Gasteiger partial charge in [0.25, 0.3) is 23.6 Å². The summed E-state index contributed by atoms with van der Waals surface area (Å²) in [5.74, 6) is -1.40. The minimum absolute atomic E-state index is 0.0388. The van der Waals surface area contributed by atoms with E-state index >= 15 is 0 Å². The molecule has 3 aromatic rings. The number of carbonyl (C=O) groups excluding carboxylic acids is 4. The van der Waals surface area contributed by atoms with E-state index in [1.165, 1.54) is 12.1 Å². The summed E-state index contributed by atoms with van der Waals surface area (Å²) in [6, 6.07) is 17.1. The van der Waals surface area contributed by atoms with Gasteiger partial charge in [-0.2, -0.15) is 0 Å². The van der Waals surface area contributed by atoms with Crippen LogP contribution in [0.3, 0.4) is 0 Å². The number of nitrogens with zero attached hydrogens (tertiary/aromatic N) is 1. The van der Waals surface area contributed by atoms with Crippen LogP contribution in [-0.4, -0.2) is 41.8 Å². The van der Waals surface area contributed by atoms with Crippen LogP contribution in [0, 0.1) is 0 Å². The molecule has 1 aromatic heterocycles. The third kappa shape index (κ3) is 7.05. The van der Waals surface area contributed by atoms with Crippen molar-refractivity contribution in [3.05, 3.63) is 78.1 Å². The third-order valence-electron chi connectivity index (χ3n) is 4.20. The lowest BCUT2D eigenvalue weighted by molar-refractivity contribution is -0.120. The van der Waals surface area contributed by atoms with Gasteiger partial charge in [0.1, 0.15) is 22.9 Å². The topological polar surface area (TPSA) is 176 Å². The maximum atomic E-state index is 12.5. The van der Waals surface area contributed by atoms with E-state index in [0.29, 0.717) is 22.9 Å². The van der Waals surface area contributed by atoms with E-state index < -0.39 is 23.6 Å². The van der Waals surface area contributed by atoms with Crippen LogP contribution in [0.15, 0.2) is 66.7 Å². The predicted molar refractivity (Wildman–Crippen MR) is 122 cm³/mol. The Labute approximate surface area is 194 Å². The second-order valence-electron chi connectivity index (χ2n) is 6.88. The van der Waals surface area contributed by atoms with Crippen LogP contribution in [-0.2, 0) is 9.59 Å². The molecule has 6 N–H and O–H groups in total. The van der Waals surface area contributed by atoms with Crippen LogP contribution in [0.5, 0.6) is 11.5 Å². The van der Waals surface area contributed by atoms with Gasteiger partial charge in [-0.05, 0) is 60.7 Å². The minimum atomic E-state index is -0.599. The van der Waals surface area contributed by atoms with Gasteiger partial charge in [-0.15, -0.1) is 0 Å². The molecule has 0 spiro atoms. The highest BCUT2D eigenvalue weighted by Gasteiger charge is 2.13. The van der Waals surface area contributed by atoms with E-state index in [2.05, 4.69) is 15.6 Å². The number of anilines is 2. The smallest absolute Gasteiger partial charge is 0.274 e. The summed E-state index contributed by atoms with van der Waals surface area (Å²) in [4.78, 5) is 50.7. The number of benzene rings is 2. The lowest BCUT2D eigenvalue weighted by Gasteiger charge is -2.09. The van der Waals surface area contributed by atoms with Gasteiger partial charge in [-0.25, -0.2) is 4.98 Å². The molecule has 0 saturated heterocycles. The Bertz CT molecular complexity index is 1100. The number of primary amides is 2. The molecule has 1 heterocycles. The maximum absolute atomic E-state index is 12.5. The molecule has 0 aliphatic rings. The molecule has 0 radical (unpaired) electrons. The van der Waals surface area contributed by atoms with E-state index in [-0.39, 0.29) is 24.6 Å². The zero-order chi connectivity index (χ0) is 24.5. The Morgan fingerprint density at radius 2 is 1.03 bits per heavy atom. The number of hydrogen-bond acceptors (Lipinski definition) is 7. The molecule has 34 heavy (non-hydrogen) atoms. The van der Waals surface area contributed by atoms with E-state index in [9.17, 15) is 19.2 Å². The van der Waals surface area contributed by atoms with E-state index in [0.717, 1.165) is 0 Å². The van der Waals surface area contributed by atoms with Crippen molar-refractivity contribution in [3.63, 3.8) is 0 Å². The van der Waals surface area contributed by atoms with Crippen LogP contribution in [0.4, 0.5) is 11.4 Å². The van der Waals surface area contributed by atoms with Gasteiger partial charge in [-0.3, -0.25) is 19.2 Å². The Kier molecular flexibility index (Phi) is 7.74. The first-order chi connectivity index (χ1) is 16.3.